The molecule has 0 spiro atoms. The van der Waals surface area contributed by atoms with E-state index >= 15 is 0 Å². The number of benzene rings is 1. The summed E-state index contributed by atoms with van der Waals surface area (Å²) in [6.45, 7) is 4.12. The number of pyridine rings is 1. The number of carbonyl (C=O) groups excluding carboxylic acids is 1. The maximum Gasteiger partial charge on any atom is 0.310 e. The SMILES string of the molecule is CCOC(=O)Cc1c(-c2cccnc2C(C)OC)[nH]c2ccc(Br)cc12. The van der Waals surface area contributed by atoms with Gasteiger partial charge in [0.15, 0.2) is 0 Å². The summed E-state index contributed by atoms with van der Waals surface area (Å²) in [5.74, 6) is -0.250. The Balaban J connectivity index is 2.21. The maximum absolute atomic E-state index is 12.2. The van der Waals surface area contributed by atoms with E-state index in [-0.39, 0.29) is 18.5 Å². The van der Waals surface area contributed by atoms with Gasteiger partial charge in [0.1, 0.15) is 0 Å². The quantitative estimate of drug-likeness (QED) is 0.585. The van der Waals surface area contributed by atoms with E-state index in [1.165, 1.54) is 0 Å². The lowest BCUT2D eigenvalue weighted by Gasteiger charge is -2.14. The molecule has 0 aliphatic rings. The van der Waals surface area contributed by atoms with E-state index in [0.29, 0.717) is 6.61 Å². The smallest absolute Gasteiger partial charge is 0.310 e. The van der Waals surface area contributed by atoms with Crippen molar-refractivity contribution in [2.45, 2.75) is 26.4 Å². The average molecular weight is 417 g/mol. The Hall–Kier alpha value is -2.18. The van der Waals surface area contributed by atoms with Gasteiger partial charge in [0, 0.05) is 34.2 Å². The molecule has 2 aromatic heterocycles. The van der Waals surface area contributed by atoms with Crippen molar-refractivity contribution in [3.05, 3.63) is 52.3 Å². The molecule has 0 aliphatic heterocycles. The van der Waals surface area contributed by atoms with Gasteiger partial charge in [-0.3, -0.25) is 9.78 Å². The summed E-state index contributed by atoms with van der Waals surface area (Å²) in [6, 6.07) is 9.86. The Morgan fingerprint density at radius 2 is 2.15 bits per heavy atom. The van der Waals surface area contributed by atoms with Gasteiger partial charge >= 0.3 is 5.97 Å². The van der Waals surface area contributed by atoms with Gasteiger partial charge in [0.2, 0.25) is 0 Å². The largest absolute Gasteiger partial charge is 0.466 e. The van der Waals surface area contributed by atoms with Crippen LogP contribution in [0.1, 0.15) is 31.2 Å². The van der Waals surface area contributed by atoms with Gasteiger partial charge in [0.25, 0.3) is 0 Å². The number of hydrogen-bond donors (Lipinski definition) is 1. The molecule has 1 aromatic carbocycles. The van der Waals surface area contributed by atoms with Gasteiger partial charge in [0.05, 0.1) is 30.5 Å². The molecule has 0 bridgehead atoms. The topological polar surface area (TPSA) is 64.2 Å². The summed E-state index contributed by atoms with van der Waals surface area (Å²) in [7, 11) is 1.66. The summed E-state index contributed by atoms with van der Waals surface area (Å²) in [4.78, 5) is 20.2. The third-order valence-corrected chi connectivity index (χ3v) is 4.83. The lowest BCUT2D eigenvalue weighted by atomic mass is 10.00. The van der Waals surface area contributed by atoms with Crippen LogP contribution in [0.5, 0.6) is 0 Å². The number of halogens is 1. The Labute approximate surface area is 160 Å². The molecular formula is C20H21BrN2O3. The molecule has 3 rings (SSSR count). The van der Waals surface area contributed by atoms with Crippen molar-refractivity contribution in [1.29, 1.82) is 0 Å². The second kappa shape index (κ2) is 8.01. The van der Waals surface area contributed by atoms with E-state index in [1.807, 2.05) is 44.2 Å². The summed E-state index contributed by atoms with van der Waals surface area (Å²) in [5, 5.41) is 0.988. The highest BCUT2D eigenvalue weighted by molar-refractivity contribution is 9.10. The van der Waals surface area contributed by atoms with Crippen LogP contribution in [0.4, 0.5) is 0 Å². The summed E-state index contributed by atoms with van der Waals surface area (Å²) >= 11 is 3.52. The number of hydrogen-bond acceptors (Lipinski definition) is 4. The van der Waals surface area contributed by atoms with Crippen LogP contribution in [0.3, 0.4) is 0 Å². The van der Waals surface area contributed by atoms with Crippen molar-refractivity contribution >= 4 is 32.8 Å². The molecule has 0 saturated heterocycles. The zero-order chi connectivity index (χ0) is 18.7. The van der Waals surface area contributed by atoms with Crippen LogP contribution in [-0.2, 0) is 20.7 Å². The first-order valence-electron chi connectivity index (χ1n) is 8.49. The summed E-state index contributed by atoms with van der Waals surface area (Å²) in [6.07, 6.45) is 1.77. The van der Waals surface area contributed by atoms with E-state index in [4.69, 9.17) is 9.47 Å². The molecule has 6 heteroatoms. The highest BCUT2D eigenvalue weighted by Gasteiger charge is 2.21. The van der Waals surface area contributed by atoms with E-state index in [9.17, 15) is 4.79 Å². The number of H-pyrrole nitrogens is 1. The molecule has 1 atom stereocenters. The van der Waals surface area contributed by atoms with Crippen molar-refractivity contribution in [2.24, 2.45) is 0 Å². The van der Waals surface area contributed by atoms with E-state index < -0.39 is 0 Å². The van der Waals surface area contributed by atoms with Crippen molar-refractivity contribution in [1.82, 2.24) is 9.97 Å². The van der Waals surface area contributed by atoms with Crippen LogP contribution in [0, 0.1) is 0 Å². The van der Waals surface area contributed by atoms with Gasteiger partial charge in [-0.25, -0.2) is 0 Å². The van der Waals surface area contributed by atoms with E-state index in [1.54, 1.807) is 13.3 Å². The van der Waals surface area contributed by atoms with Crippen LogP contribution in [0.15, 0.2) is 41.0 Å². The Kier molecular flexibility index (Phi) is 5.74. The standard InChI is InChI=1S/C20H21BrN2O3/c1-4-26-18(24)11-16-15-10-13(21)7-8-17(15)23-20(16)14-6-5-9-22-19(14)12(2)25-3/h5-10,12,23H,4,11H2,1-3H3. The average Bonchev–Trinajstić information content (AvgIpc) is 2.99. The lowest BCUT2D eigenvalue weighted by Crippen LogP contribution is -2.09. The first-order chi connectivity index (χ1) is 12.5. The first-order valence-corrected chi connectivity index (χ1v) is 9.28. The number of nitrogens with zero attached hydrogens (tertiary/aromatic N) is 1. The van der Waals surface area contributed by atoms with Gasteiger partial charge < -0.3 is 14.5 Å². The highest BCUT2D eigenvalue weighted by Crippen LogP contribution is 2.35. The normalized spacial score (nSPS) is 12.3. The molecule has 1 N–H and O–H groups in total. The number of aromatic nitrogens is 2. The minimum absolute atomic E-state index is 0.167. The number of methoxy groups -OCH3 is 1. The number of carbonyl (C=O) groups is 1. The minimum atomic E-state index is -0.250. The van der Waals surface area contributed by atoms with Crippen LogP contribution < -0.4 is 0 Å². The van der Waals surface area contributed by atoms with Gasteiger partial charge in [-0.05, 0) is 49.7 Å². The second-order valence-electron chi connectivity index (χ2n) is 5.96. The van der Waals surface area contributed by atoms with Crippen molar-refractivity contribution in [3.8, 4) is 11.3 Å². The number of ether oxygens (including phenoxy) is 2. The lowest BCUT2D eigenvalue weighted by molar-refractivity contribution is -0.142. The first kappa shape index (κ1) is 18.6. The van der Waals surface area contributed by atoms with Gasteiger partial charge in [-0.2, -0.15) is 0 Å². The van der Waals surface area contributed by atoms with E-state index in [0.717, 1.165) is 37.9 Å². The molecule has 0 fully saturated rings. The van der Waals surface area contributed by atoms with Crippen molar-refractivity contribution in [3.63, 3.8) is 0 Å². The minimum Gasteiger partial charge on any atom is -0.466 e. The molecule has 0 saturated carbocycles. The second-order valence-corrected chi connectivity index (χ2v) is 6.88. The molecule has 26 heavy (non-hydrogen) atoms. The molecule has 2 heterocycles. The number of fused-ring (bicyclic) bond motifs is 1. The third kappa shape index (κ3) is 3.66. The number of esters is 1. The zero-order valence-corrected chi connectivity index (χ0v) is 16.6. The Bertz CT molecular complexity index is 936. The zero-order valence-electron chi connectivity index (χ0n) is 15.0. The third-order valence-electron chi connectivity index (χ3n) is 4.34. The molecule has 5 nitrogen and oxygen atoms in total. The van der Waals surface area contributed by atoms with Crippen LogP contribution in [0.2, 0.25) is 0 Å². The Morgan fingerprint density at radius 3 is 2.88 bits per heavy atom. The number of rotatable bonds is 6. The van der Waals surface area contributed by atoms with Crippen molar-refractivity contribution < 1.29 is 14.3 Å². The predicted octanol–water partition coefficient (Wildman–Crippen LogP) is 4.81. The Morgan fingerprint density at radius 1 is 1.35 bits per heavy atom. The molecule has 3 aromatic rings. The maximum atomic E-state index is 12.2. The van der Waals surface area contributed by atoms with Crippen LogP contribution >= 0.6 is 15.9 Å². The monoisotopic (exact) mass is 416 g/mol. The van der Waals surface area contributed by atoms with Crippen molar-refractivity contribution in [2.75, 3.05) is 13.7 Å². The fraction of sp³-hybridized carbons (Fsp3) is 0.300. The molecule has 0 radical (unpaired) electrons. The molecule has 1 unspecified atom stereocenters. The molecular weight excluding hydrogens is 396 g/mol. The fourth-order valence-electron chi connectivity index (χ4n) is 3.05. The highest BCUT2D eigenvalue weighted by atomic mass is 79.9. The van der Waals surface area contributed by atoms with Gasteiger partial charge in [-0.1, -0.05) is 15.9 Å². The predicted molar refractivity (Wildman–Crippen MR) is 105 cm³/mol. The van der Waals surface area contributed by atoms with Gasteiger partial charge in [-0.15, -0.1) is 0 Å². The summed E-state index contributed by atoms with van der Waals surface area (Å²) < 4.78 is 11.6. The number of aromatic amines is 1. The van der Waals surface area contributed by atoms with Crippen LogP contribution in [-0.4, -0.2) is 29.7 Å². The summed E-state index contributed by atoms with van der Waals surface area (Å²) in [5.41, 5.74) is 4.48. The van der Waals surface area contributed by atoms with Crippen LogP contribution in [0.25, 0.3) is 22.2 Å². The molecule has 136 valence electrons. The van der Waals surface area contributed by atoms with E-state index in [2.05, 4.69) is 25.9 Å². The molecule has 0 amide bonds. The molecule has 0 aliphatic carbocycles. The fourth-order valence-corrected chi connectivity index (χ4v) is 3.42. The number of nitrogens with one attached hydrogen (secondary N) is 1.